The van der Waals surface area contributed by atoms with E-state index in [-0.39, 0.29) is 12.5 Å². The summed E-state index contributed by atoms with van der Waals surface area (Å²) in [6.07, 6.45) is 6.28. The molecule has 0 N–H and O–H groups in total. The summed E-state index contributed by atoms with van der Waals surface area (Å²) in [5, 5.41) is 0. The molecule has 1 rings (SSSR count). The van der Waals surface area contributed by atoms with Crippen LogP contribution < -0.4 is 0 Å². The molecule has 0 aromatic heterocycles. The van der Waals surface area contributed by atoms with Crippen LogP contribution in [0.1, 0.15) is 46.0 Å². The lowest BCUT2D eigenvalue weighted by Gasteiger charge is -2.26. The molecule has 1 fully saturated rings. The van der Waals surface area contributed by atoms with Gasteiger partial charge in [-0.2, -0.15) is 0 Å². The molecule has 0 radical (unpaired) electrons. The van der Waals surface area contributed by atoms with Crippen LogP contribution in [-0.2, 0) is 14.3 Å². The minimum atomic E-state index is 0.0938. The van der Waals surface area contributed by atoms with Gasteiger partial charge in [-0.05, 0) is 18.8 Å². The standard InChI is InChI=1S/C15H29NO3/c1-13(2)11-16(9-10-18-3)15(17)12-19-14-7-5-4-6-8-14/h13-14H,4-12H2,1-3H3. The van der Waals surface area contributed by atoms with Gasteiger partial charge < -0.3 is 14.4 Å². The van der Waals surface area contributed by atoms with E-state index in [1.807, 2.05) is 4.90 Å². The van der Waals surface area contributed by atoms with Crippen LogP contribution in [0.5, 0.6) is 0 Å². The monoisotopic (exact) mass is 271 g/mol. The second kappa shape index (κ2) is 9.32. The SMILES string of the molecule is COCCN(CC(C)C)C(=O)COC1CCCCC1. The van der Waals surface area contributed by atoms with E-state index < -0.39 is 0 Å². The first-order valence-electron chi connectivity index (χ1n) is 7.51. The van der Waals surface area contributed by atoms with Gasteiger partial charge in [0.05, 0.1) is 12.7 Å². The van der Waals surface area contributed by atoms with Gasteiger partial charge in [0, 0.05) is 20.2 Å². The number of carbonyl (C=O) groups excluding carboxylic acids is 1. The first kappa shape index (κ1) is 16.4. The molecule has 19 heavy (non-hydrogen) atoms. The van der Waals surface area contributed by atoms with Crippen molar-refractivity contribution in [2.24, 2.45) is 5.92 Å². The number of carbonyl (C=O) groups is 1. The molecule has 1 aliphatic carbocycles. The zero-order valence-electron chi connectivity index (χ0n) is 12.7. The molecule has 0 aromatic rings. The van der Waals surface area contributed by atoms with E-state index in [9.17, 15) is 4.79 Å². The summed E-state index contributed by atoms with van der Waals surface area (Å²) < 4.78 is 10.8. The van der Waals surface area contributed by atoms with Crippen molar-refractivity contribution < 1.29 is 14.3 Å². The number of hydrogen-bond donors (Lipinski definition) is 0. The van der Waals surface area contributed by atoms with Crippen LogP contribution in [0.3, 0.4) is 0 Å². The van der Waals surface area contributed by atoms with E-state index in [2.05, 4.69) is 13.8 Å². The molecule has 0 atom stereocenters. The Morgan fingerprint density at radius 2 is 1.95 bits per heavy atom. The van der Waals surface area contributed by atoms with Gasteiger partial charge in [-0.1, -0.05) is 33.1 Å². The van der Waals surface area contributed by atoms with Crippen molar-refractivity contribution in [2.45, 2.75) is 52.1 Å². The van der Waals surface area contributed by atoms with Crippen molar-refractivity contribution >= 4 is 5.91 Å². The van der Waals surface area contributed by atoms with Crippen LogP contribution in [0.25, 0.3) is 0 Å². The first-order valence-corrected chi connectivity index (χ1v) is 7.51. The zero-order chi connectivity index (χ0) is 14.1. The van der Waals surface area contributed by atoms with Gasteiger partial charge in [0.25, 0.3) is 0 Å². The minimum absolute atomic E-state index is 0.0938. The second-order valence-corrected chi connectivity index (χ2v) is 5.80. The summed E-state index contributed by atoms with van der Waals surface area (Å²) in [4.78, 5) is 14.0. The highest BCUT2D eigenvalue weighted by Crippen LogP contribution is 2.20. The molecule has 1 saturated carbocycles. The van der Waals surface area contributed by atoms with Crippen molar-refractivity contribution in [3.8, 4) is 0 Å². The number of amides is 1. The highest BCUT2D eigenvalue weighted by molar-refractivity contribution is 5.77. The maximum Gasteiger partial charge on any atom is 0.248 e. The number of rotatable bonds is 8. The summed E-state index contributed by atoms with van der Waals surface area (Å²) in [7, 11) is 1.66. The predicted molar refractivity (Wildman–Crippen MR) is 76.1 cm³/mol. The summed E-state index contributed by atoms with van der Waals surface area (Å²) in [6, 6.07) is 0. The zero-order valence-corrected chi connectivity index (χ0v) is 12.7. The summed E-state index contributed by atoms with van der Waals surface area (Å²) in [5.74, 6) is 0.562. The van der Waals surface area contributed by atoms with Gasteiger partial charge >= 0.3 is 0 Å². The molecule has 1 aliphatic rings. The summed E-state index contributed by atoms with van der Waals surface area (Å²) in [5.41, 5.74) is 0. The molecule has 1 amide bonds. The second-order valence-electron chi connectivity index (χ2n) is 5.80. The molecule has 0 spiro atoms. The molecular formula is C15H29NO3. The summed E-state index contributed by atoms with van der Waals surface area (Å²) >= 11 is 0. The Morgan fingerprint density at radius 1 is 1.26 bits per heavy atom. The number of nitrogens with zero attached hydrogens (tertiary/aromatic N) is 1. The number of methoxy groups -OCH3 is 1. The largest absolute Gasteiger partial charge is 0.383 e. The average Bonchev–Trinajstić information content (AvgIpc) is 2.41. The van der Waals surface area contributed by atoms with E-state index in [0.29, 0.717) is 25.2 Å². The maximum atomic E-state index is 12.2. The molecule has 4 heteroatoms. The normalized spacial score (nSPS) is 16.8. The molecule has 0 heterocycles. The predicted octanol–water partition coefficient (Wildman–Crippen LogP) is 2.47. The van der Waals surface area contributed by atoms with E-state index >= 15 is 0 Å². The van der Waals surface area contributed by atoms with Gasteiger partial charge in [-0.15, -0.1) is 0 Å². The third kappa shape index (κ3) is 6.92. The Kier molecular flexibility index (Phi) is 8.07. The molecule has 0 aromatic carbocycles. The van der Waals surface area contributed by atoms with Crippen LogP contribution >= 0.6 is 0 Å². The number of hydrogen-bond acceptors (Lipinski definition) is 3. The van der Waals surface area contributed by atoms with Crippen molar-refractivity contribution in [3.63, 3.8) is 0 Å². The van der Waals surface area contributed by atoms with Crippen LogP contribution in [0.2, 0.25) is 0 Å². The molecular weight excluding hydrogens is 242 g/mol. The van der Waals surface area contributed by atoms with Crippen LogP contribution in [0.4, 0.5) is 0 Å². The fourth-order valence-corrected chi connectivity index (χ4v) is 2.47. The lowest BCUT2D eigenvalue weighted by atomic mass is 9.98. The van der Waals surface area contributed by atoms with E-state index in [4.69, 9.17) is 9.47 Å². The Morgan fingerprint density at radius 3 is 2.53 bits per heavy atom. The Labute approximate surface area is 117 Å². The quantitative estimate of drug-likeness (QED) is 0.681. The first-order chi connectivity index (χ1) is 9.13. The lowest BCUT2D eigenvalue weighted by molar-refractivity contribution is -0.140. The molecule has 112 valence electrons. The van der Waals surface area contributed by atoms with Crippen LogP contribution in [-0.4, -0.2) is 50.3 Å². The van der Waals surface area contributed by atoms with Crippen molar-refractivity contribution in [2.75, 3.05) is 33.4 Å². The molecule has 0 saturated heterocycles. The lowest BCUT2D eigenvalue weighted by Crippen LogP contribution is -2.39. The third-order valence-electron chi connectivity index (χ3n) is 3.50. The summed E-state index contributed by atoms with van der Waals surface area (Å²) in [6.45, 7) is 6.48. The Hall–Kier alpha value is -0.610. The Bertz CT molecular complexity index is 250. The fraction of sp³-hybridized carbons (Fsp3) is 0.933. The van der Waals surface area contributed by atoms with Gasteiger partial charge in [-0.25, -0.2) is 0 Å². The Balaban J connectivity index is 2.32. The van der Waals surface area contributed by atoms with Gasteiger partial charge in [0.15, 0.2) is 0 Å². The highest BCUT2D eigenvalue weighted by atomic mass is 16.5. The van der Waals surface area contributed by atoms with Gasteiger partial charge in [-0.3, -0.25) is 4.79 Å². The number of ether oxygens (including phenoxy) is 2. The molecule has 0 bridgehead atoms. The molecule has 4 nitrogen and oxygen atoms in total. The third-order valence-corrected chi connectivity index (χ3v) is 3.50. The fourth-order valence-electron chi connectivity index (χ4n) is 2.47. The van der Waals surface area contributed by atoms with Crippen molar-refractivity contribution in [1.82, 2.24) is 4.90 Å². The molecule has 0 aliphatic heterocycles. The van der Waals surface area contributed by atoms with Gasteiger partial charge in [0.2, 0.25) is 5.91 Å². The minimum Gasteiger partial charge on any atom is -0.383 e. The molecule has 0 unspecified atom stereocenters. The van der Waals surface area contributed by atoms with Crippen molar-refractivity contribution in [3.05, 3.63) is 0 Å². The van der Waals surface area contributed by atoms with Gasteiger partial charge in [0.1, 0.15) is 6.61 Å². The van der Waals surface area contributed by atoms with E-state index in [1.165, 1.54) is 19.3 Å². The highest BCUT2D eigenvalue weighted by Gasteiger charge is 2.19. The van der Waals surface area contributed by atoms with Crippen LogP contribution in [0, 0.1) is 5.92 Å². The average molecular weight is 271 g/mol. The maximum absolute atomic E-state index is 12.2. The van der Waals surface area contributed by atoms with E-state index in [0.717, 1.165) is 19.4 Å². The topological polar surface area (TPSA) is 38.8 Å². The smallest absolute Gasteiger partial charge is 0.248 e. The van der Waals surface area contributed by atoms with Crippen molar-refractivity contribution in [1.29, 1.82) is 0 Å². The van der Waals surface area contributed by atoms with Crippen LogP contribution in [0.15, 0.2) is 0 Å². The van der Waals surface area contributed by atoms with E-state index in [1.54, 1.807) is 7.11 Å².